The summed E-state index contributed by atoms with van der Waals surface area (Å²) < 4.78 is 0. The van der Waals surface area contributed by atoms with Crippen LogP contribution in [0.1, 0.15) is 0 Å². The highest BCUT2D eigenvalue weighted by Gasteiger charge is 2.07. The molecule has 1 aromatic carbocycles. The maximum Gasteiger partial charge on any atom is 0.116 e. The Bertz CT molecular complexity index is 578. The summed E-state index contributed by atoms with van der Waals surface area (Å²) in [4.78, 5) is 12.4. The number of aromatic nitrogens is 3. The third-order valence-corrected chi connectivity index (χ3v) is 2.76. The molecule has 0 aliphatic heterocycles. The summed E-state index contributed by atoms with van der Waals surface area (Å²) in [6.45, 7) is 0. The summed E-state index contributed by atoms with van der Waals surface area (Å²) in [5, 5.41) is 0. The van der Waals surface area contributed by atoms with Crippen LogP contribution in [0.5, 0.6) is 0 Å². The Hall–Kier alpha value is -2.55. The van der Waals surface area contributed by atoms with Crippen molar-refractivity contribution in [3.05, 3.63) is 67.4 Å². The Labute approximate surface area is 105 Å². The lowest BCUT2D eigenvalue weighted by Gasteiger charge is -2.08. The molecule has 0 radical (unpaired) electrons. The van der Waals surface area contributed by atoms with Crippen molar-refractivity contribution in [1.82, 2.24) is 15.0 Å². The van der Waals surface area contributed by atoms with E-state index in [0.29, 0.717) is 0 Å². The van der Waals surface area contributed by atoms with Gasteiger partial charge in [0.1, 0.15) is 6.33 Å². The predicted octanol–water partition coefficient (Wildman–Crippen LogP) is 3.21. The zero-order valence-electron chi connectivity index (χ0n) is 9.69. The lowest BCUT2D eigenvalue weighted by Crippen LogP contribution is -1.88. The highest BCUT2D eigenvalue weighted by molar-refractivity contribution is 5.81. The molecule has 0 atom stereocenters. The number of nitrogens with zero attached hydrogens (tertiary/aromatic N) is 3. The monoisotopic (exact) mass is 233 g/mol. The van der Waals surface area contributed by atoms with Crippen LogP contribution in [0.15, 0.2) is 67.4 Å². The maximum atomic E-state index is 4.30. The minimum Gasteiger partial charge on any atom is -0.264 e. The smallest absolute Gasteiger partial charge is 0.116 e. The molecular formula is C15H11N3. The van der Waals surface area contributed by atoms with Crippen LogP contribution in [0.25, 0.3) is 22.4 Å². The van der Waals surface area contributed by atoms with Gasteiger partial charge < -0.3 is 0 Å². The fraction of sp³-hybridized carbons (Fsp3) is 0. The highest BCUT2D eigenvalue weighted by Crippen LogP contribution is 2.29. The van der Waals surface area contributed by atoms with Crippen LogP contribution in [0, 0.1) is 0 Å². The standard InChI is InChI=1S/C15H11N3/c1-2-6-14(15-7-9-17-11-18-15)13(5-1)12-4-3-8-16-10-12/h1-11H. The number of benzene rings is 1. The van der Waals surface area contributed by atoms with Crippen LogP contribution >= 0.6 is 0 Å². The van der Waals surface area contributed by atoms with Gasteiger partial charge in [-0.1, -0.05) is 30.3 Å². The van der Waals surface area contributed by atoms with Crippen LogP contribution in [-0.2, 0) is 0 Å². The Kier molecular flexibility index (Phi) is 2.80. The molecule has 0 fully saturated rings. The third kappa shape index (κ3) is 1.98. The molecule has 0 aliphatic rings. The van der Waals surface area contributed by atoms with Gasteiger partial charge in [-0.2, -0.15) is 0 Å². The fourth-order valence-electron chi connectivity index (χ4n) is 1.93. The second-order valence-electron chi connectivity index (χ2n) is 3.88. The number of hydrogen-bond donors (Lipinski definition) is 0. The summed E-state index contributed by atoms with van der Waals surface area (Å²) in [6, 6.07) is 14.1. The average molecular weight is 233 g/mol. The van der Waals surface area contributed by atoms with Crippen molar-refractivity contribution in [3.63, 3.8) is 0 Å². The van der Waals surface area contributed by atoms with Gasteiger partial charge in [-0.15, -0.1) is 0 Å². The van der Waals surface area contributed by atoms with E-state index in [2.05, 4.69) is 27.1 Å². The first-order valence-corrected chi connectivity index (χ1v) is 5.71. The van der Waals surface area contributed by atoms with Gasteiger partial charge in [0.05, 0.1) is 5.69 Å². The molecule has 0 spiro atoms. The second kappa shape index (κ2) is 4.75. The molecule has 3 aromatic rings. The molecule has 18 heavy (non-hydrogen) atoms. The summed E-state index contributed by atoms with van der Waals surface area (Å²) >= 11 is 0. The van der Waals surface area contributed by atoms with E-state index in [1.165, 1.54) is 0 Å². The van der Waals surface area contributed by atoms with E-state index in [0.717, 1.165) is 22.4 Å². The van der Waals surface area contributed by atoms with Gasteiger partial charge in [-0.3, -0.25) is 4.98 Å². The van der Waals surface area contributed by atoms with Gasteiger partial charge in [-0.25, -0.2) is 9.97 Å². The molecule has 0 amide bonds. The van der Waals surface area contributed by atoms with Gasteiger partial charge in [0, 0.05) is 29.7 Å². The number of rotatable bonds is 2. The molecule has 3 nitrogen and oxygen atoms in total. The quantitative estimate of drug-likeness (QED) is 0.682. The first kappa shape index (κ1) is 10.6. The molecule has 2 heterocycles. The topological polar surface area (TPSA) is 38.7 Å². The van der Waals surface area contributed by atoms with Crippen molar-refractivity contribution in [2.45, 2.75) is 0 Å². The zero-order chi connectivity index (χ0) is 12.2. The first-order chi connectivity index (χ1) is 8.95. The highest BCUT2D eigenvalue weighted by atomic mass is 14.8. The van der Waals surface area contributed by atoms with Gasteiger partial charge in [-0.05, 0) is 17.7 Å². The maximum absolute atomic E-state index is 4.30. The lowest BCUT2D eigenvalue weighted by molar-refractivity contribution is 1.17. The molecule has 0 bridgehead atoms. The molecule has 3 rings (SSSR count). The molecule has 0 unspecified atom stereocenters. The Balaban J connectivity index is 2.18. The number of hydrogen-bond acceptors (Lipinski definition) is 3. The van der Waals surface area contributed by atoms with Crippen LogP contribution < -0.4 is 0 Å². The van der Waals surface area contributed by atoms with Gasteiger partial charge in [0.25, 0.3) is 0 Å². The summed E-state index contributed by atoms with van der Waals surface area (Å²) in [7, 11) is 0. The fourth-order valence-corrected chi connectivity index (χ4v) is 1.93. The summed E-state index contributed by atoms with van der Waals surface area (Å²) in [5.41, 5.74) is 4.23. The molecule has 0 saturated carbocycles. The minimum absolute atomic E-state index is 0.921. The third-order valence-electron chi connectivity index (χ3n) is 2.76. The second-order valence-corrected chi connectivity index (χ2v) is 3.88. The van der Waals surface area contributed by atoms with E-state index in [-0.39, 0.29) is 0 Å². The van der Waals surface area contributed by atoms with Crippen molar-refractivity contribution in [2.24, 2.45) is 0 Å². The van der Waals surface area contributed by atoms with E-state index in [1.807, 2.05) is 36.5 Å². The average Bonchev–Trinajstić information content (AvgIpc) is 2.49. The largest absolute Gasteiger partial charge is 0.264 e. The number of pyridine rings is 1. The minimum atomic E-state index is 0.921. The van der Waals surface area contributed by atoms with E-state index in [4.69, 9.17) is 0 Å². The van der Waals surface area contributed by atoms with Crippen LogP contribution in [-0.4, -0.2) is 15.0 Å². The van der Waals surface area contributed by atoms with Crippen LogP contribution in [0.2, 0.25) is 0 Å². The van der Waals surface area contributed by atoms with Crippen molar-refractivity contribution in [2.75, 3.05) is 0 Å². The lowest BCUT2D eigenvalue weighted by atomic mass is 9.99. The Morgan fingerprint density at radius 3 is 2.33 bits per heavy atom. The van der Waals surface area contributed by atoms with E-state index < -0.39 is 0 Å². The molecular weight excluding hydrogens is 222 g/mol. The van der Waals surface area contributed by atoms with Gasteiger partial charge >= 0.3 is 0 Å². The van der Waals surface area contributed by atoms with Crippen molar-refractivity contribution in [3.8, 4) is 22.4 Å². The molecule has 0 saturated heterocycles. The van der Waals surface area contributed by atoms with Crippen LogP contribution in [0.4, 0.5) is 0 Å². The zero-order valence-corrected chi connectivity index (χ0v) is 9.69. The SMILES string of the molecule is c1cncc(-c2ccccc2-c2ccncn2)c1. The van der Waals surface area contributed by atoms with Gasteiger partial charge in [0.15, 0.2) is 0 Å². The van der Waals surface area contributed by atoms with E-state index >= 15 is 0 Å². The van der Waals surface area contributed by atoms with Gasteiger partial charge in [0.2, 0.25) is 0 Å². The first-order valence-electron chi connectivity index (χ1n) is 5.71. The molecule has 0 aliphatic carbocycles. The summed E-state index contributed by atoms with van der Waals surface area (Å²) in [5.74, 6) is 0. The molecule has 0 N–H and O–H groups in total. The summed E-state index contributed by atoms with van der Waals surface area (Å²) in [6.07, 6.45) is 6.95. The van der Waals surface area contributed by atoms with Crippen molar-refractivity contribution in [1.29, 1.82) is 0 Å². The Morgan fingerprint density at radius 1 is 0.722 bits per heavy atom. The van der Waals surface area contributed by atoms with Crippen molar-refractivity contribution < 1.29 is 0 Å². The molecule has 3 heteroatoms. The van der Waals surface area contributed by atoms with Crippen LogP contribution in [0.3, 0.4) is 0 Å². The molecule has 86 valence electrons. The van der Waals surface area contributed by atoms with Crippen molar-refractivity contribution >= 4 is 0 Å². The van der Waals surface area contributed by atoms with E-state index in [9.17, 15) is 0 Å². The molecule has 2 aromatic heterocycles. The normalized spacial score (nSPS) is 10.2. The predicted molar refractivity (Wildman–Crippen MR) is 70.7 cm³/mol. The Morgan fingerprint density at radius 2 is 1.61 bits per heavy atom. The van der Waals surface area contributed by atoms with E-state index in [1.54, 1.807) is 18.7 Å².